The van der Waals surface area contributed by atoms with Crippen molar-refractivity contribution in [3.05, 3.63) is 59.2 Å². The van der Waals surface area contributed by atoms with Crippen LogP contribution in [0.4, 0.5) is 11.4 Å². The first-order chi connectivity index (χ1) is 13.1. The summed E-state index contributed by atoms with van der Waals surface area (Å²) in [5, 5.41) is 3.04. The third-order valence-corrected chi connectivity index (χ3v) is 4.18. The topological polar surface area (TPSA) is 77.0 Å². The Bertz CT molecular complexity index is 859. The summed E-state index contributed by atoms with van der Waals surface area (Å²) in [6.07, 6.45) is 1.88. The van der Waals surface area contributed by atoms with E-state index >= 15 is 0 Å². The second kappa shape index (κ2) is 8.49. The molecule has 0 aromatic heterocycles. The molecule has 3 rings (SSSR count). The summed E-state index contributed by atoms with van der Waals surface area (Å²) >= 11 is 0. The van der Waals surface area contributed by atoms with Crippen molar-refractivity contribution in [3.63, 3.8) is 0 Å². The highest BCUT2D eigenvalue weighted by atomic mass is 16.5. The fraction of sp³-hybridized carbons (Fsp3) is 0.286. The quantitative estimate of drug-likeness (QED) is 0.468. The molecule has 6 heteroatoms. The number of carbonyl (C=O) groups is 2. The number of hydrogen-bond acceptors (Lipinski definition) is 6. The Labute approximate surface area is 158 Å². The first kappa shape index (κ1) is 18.6. The molecule has 1 N–H and O–H groups in total. The molecule has 0 bridgehead atoms. The van der Waals surface area contributed by atoms with E-state index in [0.29, 0.717) is 23.5 Å². The van der Waals surface area contributed by atoms with E-state index in [-0.39, 0.29) is 12.0 Å². The number of fused-ring (bicyclic) bond motifs is 1. The zero-order valence-corrected chi connectivity index (χ0v) is 15.4. The highest BCUT2D eigenvalue weighted by molar-refractivity contribution is 5.95. The molecule has 1 aliphatic rings. The lowest BCUT2D eigenvalue weighted by Crippen LogP contribution is -2.23. The molecule has 0 radical (unpaired) electrons. The first-order valence-corrected chi connectivity index (χ1v) is 8.96. The molecule has 2 aromatic rings. The van der Waals surface area contributed by atoms with Gasteiger partial charge in [0.05, 0.1) is 17.9 Å². The maximum Gasteiger partial charge on any atom is 0.338 e. The minimum Gasteiger partial charge on any atom is -0.462 e. The predicted octanol–water partition coefficient (Wildman–Crippen LogP) is 4.32. The number of nitrogens with one attached hydrogen (secondary N) is 1. The molecule has 1 aliphatic heterocycles. The summed E-state index contributed by atoms with van der Waals surface area (Å²) in [6.45, 7) is 4.42. The van der Waals surface area contributed by atoms with Crippen LogP contribution in [0.2, 0.25) is 0 Å². The molecule has 140 valence electrons. The van der Waals surface area contributed by atoms with Gasteiger partial charge in [0.2, 0.25) is 0 Å². The standard InChI is InChI=1S/C21H22N2O4/c1-3-4-11-26-20(25)15-6-8-16(9-7-15)22-21-23-18-10-5-14(2)12-17(18)19(13-24)27-21/h5-10,12-13,19H,3-4,11H2,1-2H3,(H,22,23). The van der Waals surface area contributed by atoms with Gasteiger partial charge in [-0.15, -0.1) is 0 Å². The number of ether oxygens (including phenoxy) is 2. The molecule has 0 fully saturated rings. The van der Waals surface area contributed by atoms with Gasteiger partial charge in [-0.2, -0.15) is 4.99 Å². The van der Waals surface area contributed by atoms with Crippen LogP contribution in [0, 0.1) is 6.92 Å². The summed E-state index contributed by atoms with van der Waals surface area (Å²) in [5.41, 5.74) is 3.66. The van der Waals surface area contributed by atoms with Crippen LogP contribution in [-0.4, -0.2) is 24.9 Å². The largest absolute Gasteiger partial charge is 0.462 e. The number of aldehydes is 1. The lowest BCUT2D eigenvalue weighted by atomic mass is 10.0. The van der Waals surface area contributed by atoms with Crippen LogP contribution >= 0.6 is 0 Å². The zero-order valence-electron chi connectivity index (χ0n) is 15.4. The number of rotatable bonds is 6. The molecule has 2 aromatic carbocycles. The number of aliphatic imine (C=N–C) groups is 1. The van der Waals surface area contributed by atoms with Crippen molar-refractivity contribution in [2.45, 2.75) is 32.8 Å². The van der Waals surface area contributed by atoms with Crippen LogP contribution in [0.5, 0.6) is 0 Å². The van der Waals surface area contributed by atoms with Gasteiger partial charge >= 0.3 is 5.97 Å². The third-order valence-electron chi connectivity index (χ3n) is 4.18. The third kappa shape index (κ3) is 4.53. The molecule has 0 saturated heterocycles. The number of benzene rings is 2. The molecule has 0 spiro atoms. The summed E-state index contributed by atoms with van der Waals surface area (Å²) in [4.78, 5) is 27.8. The number of aryl methyl sites for hydroxylation is 1. The predicted molar refractivity (Wildman–Crippen MR) is 103 cm³/mol. The van der Waals surface area contributed by atoms with E-state index in [0.717, 1.165) is 30.3 Å². The van der Waals surface area contributed by atoms with Crippen molar-refractivity contribution in [2.24, 2.45) is 4.99 Å². The van der Waals surface area contributed by atoms with Gasteiger partial charge in [-0.05, 0) is 49.7 Å². The second-order valence-electron chi connectivity index (χ2n) is 6.35. The normalized spacial score (nSPS) is 15.2. The number of esters is 1. The van der Waals surface area contributed by atoms with Crippen molar-refractivity contribution < 1.29 is 19.1 Å². The molecule has 27 heavy (non-hydrogen) atoms. The molecular weight excluding hydrogens is 344 g/mol. The van der Waals surface area contributed by atoms with E-state index in [4.69, 9.17) is 9.47 Å². The number of unbranched alkanes of at least 4 members (excludes halogenated alkanes) is 1. The Morgan fingerprint density at radius 3 is 2.74 bits per heavy atom. The highest BCUT2D eigenvalue weighted by Crippen LogP contribution is 2.32. The van der Waals surface area contributed by atoms with Crippen molar-refractivity contribution in [3.8, 4) is 0 Å². The van der Waals surface area contributed by atoms with Gasteiger partial charge < -0.3 is 14.8 Å². The van der Waals surface area contributed by atoms with Crippen molar-refractivity contribution in [2.75, 3.05) is 11.9 Å². The Morgan fingerprint density at radius 2 is 2.04 bits per heavy atom. The number of anilines is 1. The van der Waals surface area contributed by atoms with Gasteiger partial charge in [0, 0.05) is 11.3 Å². The monoisotopic (exact) mass is 366 g/mol. The molecule has 1 atom stereocenters. The molecule has 0 saturated carbocycles. The SMILES string of the molecule is CCCCOC(=O)c1ccc(NC2=Nc3ccc(C)cc3C(C=O)O2)cc1. The van der Waals surface area contributed by atoms with Crippen LogP contribution in [0.1, 0.15) is 47.4 Å². The van der Waals surface area contributed by atoms with E-state index in [1.165, 1.54) is 0 Å². The van der Waals surface area contributed by atoms with E-state index < -0.39 is 6.10 Å². The lowest BCUT2D eigenvalue weighted by Gasteiger charge is -2.23. The number of amidine groups is 1. The molecular formula is C21H22N2O4. The number of nitrogens with zero attached hydrogens (tertiary/aromatic N) is 1. The Morgan fingerprint density at radius 1 is 1.26 bits per heavy atom. The average molecular weight is 366 g/mol. The second-order valence-corrected chi connectivity index (χ2v) is 6.35. The van der Waals surface area contributed by atoms with Crippen LogP contribution in [0.15, 0.2) is 47.5 Å². The van der Waals surface area contributed by atoms with E-state index in [2.05, 4.69) is 10.3 Å². The van der Waals surface area contributed by atoms with Gasteiger partial charge in [-0.1, -0.05) is 25.0 Å². The molecule has 1 unspecified atom stereocenters. The molecule has 0 amide bonds. The van der Waals surface area contributed by atoms with Crippen molar-refractivity contribution >= 4 is 29.7 Å². The molecule has 0 aliphatic carbocycles. The van der Waals surface area contributed by atoms with Crippen LogP contribution in [0.25, 0.3) is 0 Å². The van der Waals surface area contributed by atoms with E-state index in [9.17, 15) is 9.59 Å². The maximum atomic E-state index is 11.9. The van der Waals surface area contributed by atoms with Crippen LogP contribution < -0.4 is 5.32 Å². The van der Waals surface area contributed by atoms with Gasteiger partial charge in [-0.25, -0.2) is 4.79 Å². The van der Waals surface area contributed by atoms with E-state index in [1.54, 1.807) is 24.3 Å². The van der Waals surface area contributed by atoms with Gasteiger partial charge in [0.25, 0.3) is 6.02 Å². The van der Waals surface area contributed by atoms with Gasteiger partial charge in [-0.3, -0.25) is 4.79 Å². The van der Waals surface area contributed by atoms with Gasteiger partial charge in [0.1, 0.15) is 0 Å². The Hall–Kier alpha value is -3.15. The number of hydrogen-bond donors (Lipinski definition) is 1. The van der Waals surface area contributed by atoms with Crippen molar-refractivity contribution in [1.29, 1.82) is 0 Å². The van der Waals surface area contributed by atoms with Crippen LogP contribution in [0.3, 0.4) is 0 Å². The van der Waals surface area contributed by atoms with Crippen molar-refractivity contribution in [1.82, 2.24) is 0 Å². The molecule has 1 heterocycles. The summed E-state index contributed by atoms with van der Waals surface area (Å²) < 4.78 is 10.8. The smallest absolute Gasteiger partial charge is 0.338 e. The first-order valence-electron chi connectivity index (χ1n) is 8.96. The zero-order chi connectivity index (χ0) is 19.2. The minimum atomic E-state index is -0.701. The fourth-order valence-corrected chi connectivity index (χ4v) is 2.69. The highest BCUT2D eigenvalue weighted by Gasteiger charge is 2.23. The molecule has 6 nitrogen and oxygen atoms in total. The van der Waals surface area contributed by atoms with Crippen LogP contribution in [-0.2, 0) is 14.3 Å². The average Bonchev–Trinajstić information content (AvgIpc) is 2.68. The fourth-order valence-electron chi connectivity index (χ4n) is 2.69. The lowest BCUT2D eigenvalue weighted by molar-refractivity contribution is -0.114. The summed E-state index contributed by atoms with van der Waals surface area (Å²) in [7, 11) is 0. The summed E-state index contributed by atoms with van der Waals surface area (Å²) in [6, 6.07) is 12.8. The summed E-state index contributed by atoms with van der Waals surface area (Å²) in [5.74, 6) is -0.341. The number of carbonyl (C=O) groups excluding carboxylic acids is 2. The van der Waals surface area contributed by atoms with Gasteiger partial charge in [0.15, 0.2) is 12.4 Å². The Kier molecular flexibility index (Phi) is 5.86. The minimum absolute atomic E-state index is 0.238. The maximum absolute atomic E-state index is 11.9. The van der Waals surface area contributed by atoms with E-state index in [1.807, 2.05) is 32.0 Å². The Balaban J connectivity index is 1.71.